The molecular weight excluding hydrogens is 621 g/mol. The average Bonchev–Trinajstić information content (AvgIpc) is 3.84. The van der Waals surface area contributed by atoms with Crippen LogP contribution in [0.3, 0.4) is 0 Å². The number of ketones is 2. The van der Waals surface area contributed by atoms with Crippen LogP contribution in [0.4, 0.5) is 0 Å². The third kappa shape index (κ3) is 4.74. The molecule has 0 saturated heterocycles. The Kier molecular flexibility index (Phi) is 8.44. The molecule has 260 valence electrons. The van der Waals surface area contributed by atoms with Gasteiger partial charge in [-0.1, -0.05) is 153 Å². The first-order chi connectivity index (χ1) is 24.8. The van der Waals surface area contributed by atoms with Gasteiger partial charge in [-0.15, -0.1) is 0 Å². The summed E-state index contributed by atoms with van der Waals surface area (Å²) in [7, 11) is 0. The van der Waals surface area contributed by atoms with Gasteiger partial charge in [0.2, 0.25) is 0 Å². The number of rotatable bonds is 2. The molecule has 6 aliphatic rings. The summed E-state index contributed by atoms with van der Waals surface area (Å²) in [5, 5.41) is 0. The molecule has 0 unspecified atom stereocenters. The van der Waals surface area contributed by atoms with E-state index in [0.717, 1.165) is 0 Å². The standard InChI is InChI=1S/C24H24.C20H16O2.C5H12/c1-3-17-13-23-15-18(4-2)16-24(23,14-17)22-12-8-6-10-20(22)19-9-5-7-11-21(19)23;21-13-9-19-10-14(22)12-20(19,11-13)18-8-4-2-6-16(18)15-5-1-3-7-17(15)19;1-3-5-4-2/h3-12H,13-16H2,1-2H3;1-8H,9-12H2;3-5H2,1-2H3. The molecular formula is C49H52O2. The van der Waals surface area contributed by atoms with Gasteiger partial charge in [0.15, 0.2) is 0 Å². The fraction of sp³-hybridized carbons (Fsp3) is 0.388. The zero-order valence-corrected chi connectivity index (χ0v) is 31.0. The van der Waals surface area contributed by atoms with E-state index in [4.69, 9.17) is 0 Å². The van der Waals surface area contributed by atoms with Crippen molar-refractivity contribution in [3.05, 3.63) is 143 Å². The quantitative estimate of drug-likeness (QED) is 0.199. The molecule has 0 aromatic heterocycles. The van der Waals surface area contributed by atoms with E-state index in [1.165, 1.54) is 78.3 Å². The molecule has 4 fully saturated rings. The number of hydrogen-bond acceptors (Lipinski definition) is 2. The SMILES string of the molecule is CC=C1CC23CC(=CC)CC2(C1)c1ccccc1-c1ccccc13.CCCCC.O=C1CC23CC(=O)CC2(C1)c1ccccc1-c1ccccc13. The lowest BCUT2D eigenvalue weighted by molar-refractivity contribution is -0.120. The number of unbranched alkanes of at least 4 members (excludes halogenated alkanes) is 2. The lowest BCUT2D eigenvalue weighted by Gasteiger charge is -2.47. The molecule has 2 heteroatoms. The maximum Gasteiger partial charge on any atom is 0.134 e. The maximum absolute atomic E-state index is 12.4. The second-order valence-corrected chi connectivity index (χ2v) is 16.2. The van der Waals surface area contributed by atoms with Crippen LogP contribution in [0, 0.1) is 0 Å². The molecule has 0 amide bonds. The van der Waals surface area contributed by atoms with Crippen LogP contribution >= 0.6 is 0 Å². The van der Waals surface area contributed by atoms with E-state index in [2.05, 4.69) is 113 Å². The minimum Gasteiger partial charge on any atom is -0.300 e. The molecule has 4 aromatic carbocycles. The van der Waals surface area contributed by atoms with Gasteiger partial charge in [0.05, 0.1) is 0 Å². The lowest BCUT2D eigenvalue weighted by Crippen LogP contribution is -2.43. The molecule has 0 heterocycles. The summed E-state index contributed by atoms with van der Waals surface area (Å²) in [5.74, 6) is 0.609. The molecule has 4 aromatic rings. The highest BCUT2D eigenvalue weighted by Crippen LogP contribution is 2.71. The van der Waals surface area contributed by atoms with E-state index >= 15 is 0 Å². The molecule has 0 aliphatic heterocycles. The van der Waals surface area contributed by atoms with Gasteiger partial charge in [-0.3, -0.25) is 9.59 Å². The van der Waals surface area contributed by atoms with Crippen LogP contribution in [0.25, 0.3) is 22.3 Å². The van der Waals surface area contributed by atoms with E-state index in [9.17, 15) is 9.59 Å². The fourth-order valence-electron chi connectivity index (χ4n) is 11.8. The van der Waals surface area contributed by atoms with Crippen LogP contribution in [-0.2, 0) is 31.2 Å². The predicted molar refractivity (Wildman–Crippen MR) is 210 cm³/mol. The summed E-state index contributed by atoms with van der Waals surface area (Å²) in [6, 6.07) is 35.1. The summed E-state index contributed by atoms with van der Waals surface area (Å²) in [5.41, 5.74) is 14.2. The molecule has 10 rings (SSSR count). The summed E-state index contributed by atoms with van der Waals surface area (Å²) in [4.78, 5) is 24.9. The predicted octanol–water partition coefficient (Wildman–Crippen LogP) is 12.1. The third-order valence-corrected chi connectivity index (χ3v) is 13.8. The van der Waals surface area contributed by atoms with Gasteiger partial charge in [0.25, 0.3) is 0 Å². The summed E-state index contributed by atoms with van der Waals surface area (Å²) in [6.45, 7) is 8.88. The normalized spacial score (nSPS) is 28.3. The van der Waals surface area contributed by atoms with Crippen molar-refractivity contribution in [1.82, 2.24) is 0 Å². The maximum atomic E-state index is 12.4. The van der Waals surface area contributed by atoms with Gasteiger partial charge < -0.3 is 0 Å². The first-order valence-electron chi connectivity index (χ1n) is 19.5. The Balaban J connectivity index is 0.000000130. The minimum absolute atomic E-state index is 0.266. The second-order valence-electron chi connectivity index (χ2n) is 16.2. The number of allylic oxidation sites excluding steroid dienone is 4. The van der Waals surface area contributed by atoms with Crippen molar-refractivity contribution in [2.45, 2.75) is 120 Å². The first-order valence-corrected chi connectivity index (χ1v) is 19.5. The molecule has 0 N–H and O–H groups in total. The number of Topliss-reactive ketones (excluding diaryl/α,β-unsaturated/α-hetero) is 2. The molecule has 4 saturated carbocycles. The molecule has 2 nitrogen and oxygen atoms in total. The number of benzene rings is 4. The minimum atomic E-state index is -0.299. The van der Waals surface area contributed by atoms with E-state index in [1.807, 2.05) is 24.3 Å². The highest BCUT2D eigenvalue weighted by Gasteiger charge is 2.67. The molecule has 6 aliphatic carbocycles. The smallest absolute Gasteiger partial charge is 0.134 e. The molecule has 51 heavy (non-hydrogen) atoms. The zero-order chi connectivity index (χ0) is 35.4. The summed E-state index contributed by atoms with van der Waals surface area (Å²) >= 11 is 0. The average molecular weight is 673 g/mol. The lowest BCUT2D eigenvalue weighted by atomic mass is 9.55. The summed E-state index contributed by atoms with van der Waals surface area (Å²) < 4.78 is 0. The molecule has 0 radical (unpaired) electrons. The third-order valence-electron chi connectivity index (χ3n) is 13.8. The van der Waals surface area contributed by atoms with Crippen molar-refractivity contribution in [2.24, 2.45) is 0 Å². The number of carbonyl (C=O) groups is 2. The number of hydrogen-bond donors (Lipinski definition) is 0. The Morgan fingerprint density at radius 3 is 0.922 bits per heavy atom. The van der Waals surface area contributed by atoms with Crippen molar-refractivity contribution >= 4 is 11.6 Å². The van der Waals surface area contributed by atoms with Crippen molar-refractivity contribution in [2.75, 3.05) is 0 Å². The monoisotopic (exact) mass is 672 g/mol. The van der Waals surface area contributed by atoms with E-state index in [-0.39, 0.29) is 21.7 Å². The first kappa shape index (κ1) is 33.8. The number of carbonyl (C=O) groups excluding carboxylic acids is 2. The zero-order valence-electron chi connectivity index (χ0n) is 31.0. The van der Waals surface area contributed by atoms with Crippen molar-refractivity contribution in [1.29, 1.82) is 0 Å². The van der Waals surface area contributed by atoms with E-state index in [0.29, 0.717) is 37.2 Å². The topological polar surface area (TPSA) is 34.1 Å². The van der Waals surface area contributed by atoms with Crippen molar-refractivity contribution in [3.8, 4) is 22.3 Å². The van der Waals surface area contributed by atoms with Crippen molar-refractivity contribution < 1.29 is 9.59 Å². The molecule has 0 spiro atoms. The summed E-state index contributed by atoms with van der Waals surface area (Å²) in [6.07, 6.45) is 15.8. The largest absolute Gasteiger partial charge is 0.300 e. The number of fused-ring (bicyclic) bond motifs is 6. The second kappa shape index (κ2) is 12.7. The van der Waals surface area contributed by atoms with Gasteiger partial charge >= 0.3 is 0 Å². The Bertz CT molecular complexity index is 1910. The van der Waals surface area contributed by atoms with Gasteiger partial charge in [-0.25, -0.2) is 0 Å². The Morgan fingerprint density at radius 2 is 0.686 bits per heavy atom. The van der Waals surface area contributed by atoms with Crippen LogP contribution in [-0.4, -0.2) is 11.6 Å². The van der Waals surface area contributed by atoms with Gasteiger partial charge in [0.1, 0.15) is 11.6 Å². The highest BCUT2D eigenvalue weighted by molar-refractivity contribution is 5.99. The van der Waals surface area contributed by atoms with Gasteiger partial charge in [-0.2, -0.15) is 0 Å². The van der Waals surface area contributed by atoms with Crippen LogP contribution < -0.4 is 0 Å². The molecule has 0 bridgehead atoms. The van der Waals surface area contributed by atoms with Crippen molar-refractivity contribution in [3.63, 3.8) is 0 Å². The van der Waals surface area contributed by atoms with E-state index < -0.39 is 0 Å². The van der Waals surface area contributed by atoms with Gasteiger partial charge in [0, 0.05) is 47.3 Å². The van der Waals surface area contributed by atoms with Crippen LogP contribution in [0.1, 0.15) is 121 Å². The van der Waals surface area contributed by atoms with E-state index in [1.54, 1.807) is 22.3 Å². The highest BCUT2D eigenvalue weighted by atomic mass is 16.1. The Hall–Kier alpha value is -4.30. The van der Waals surface area contributed by atoms with Crippen LogP contribution in [0.2, 0.25) is 0 Å². The Labute approximate surface area is 305 Å². The van der Waals surface area contributed by atoms with Crippen LogP contribution in [0.15, 0.2) is 120 Å². The van der Waals surface area contributed by atoms with Gasteiger partial charge in [-0.05, 0) is 84.0 Å². The fourth-order valence-corrected chi connectivity index (χ4v) is 11.8. The Morgan fingerprint density at radius 1 is 0.431 bits per heavy atom. The molecule has 0 atom stereocenters. The van der Waals surface area contributed by atoms with Crippen LogP contribution in [0.5, 0.6) is 0 Å².